The van der Waals surface area contributed by atoms with E-state index in [2.05, 4.69) is 38.7 Å². The molecule has 45 heavy (non-hydrogen) atoms. The fourth-order valence-electron chi connectivity index (χ4n) is 5.71. The van der Waals surface area contributed by atoms with E-state index in [0.717, 1.165) is 37.9 Å². The SMILES string of the molecule is COc1ccc(C(=O)N[C@@H]2CCCN(c3cnc(C#N)c(Nc4ccc(C5CCN(C(=O)OC(C)(C)C)CC5)cc4)n3)C2)cc1. The first-order chi connectivity index (χ1) is 21.6. The van der Waals surface area contributed by atoms with Crippen LogP contribution in [0.4, 0.5) is 22.1 Å². The van der Waals surface area contributed by atoms with Crippen molar-refractivity contribution in [1.29, 1.82) is 5.26 Å². The van der Waals surface area contributed by atoms with Gasteiger partial charge in [-0.25, -0.2) is 14.8 Å². The highest BCUT2D eigenvalue weighted by atomic mass is 16.6. The molecule has 2 aliphatic heterocycles. The van der Waals surface area contributed by atoms with Gasteiger partial charge in [0, 0.05) is 43.5 Å². The number of ether oxygens (including phenoxy) is 2. The number of rotatable bonds is 7. The van der Waals surface area contributed by atoms with Crippen LogP contribution in [0.15, 0.2) is 54.7 Å². The van der Waals surface area contributed by atoms with Crippen molar-refractivity contribution in [2.75, 3.05) is 43.5 Å². The smallest absolute Gasteiger partial charge is 0.410 e. The van der Waals surface area contributed by atoms with Crippen molar-refractivity contribution in [3.8, 4) is 11.8 Å². The Balaban J connectivity index is 1.19. The number of carbonyl (C=O) groups is 2. The molecule has 2 fully saturated rings. The number of aromatic nitrogens is 2. The number of nitriles is 1. The Bertz CT molecular complexity index is 1520. The van der Waals surface area contributed by atoms with E-state index in [1.807, 2.05) is 32.9 Å². The van der Waals surface area contributed by atoms with Crippen LogP contribution in [0.1, 0.15) is 74.0 Å². The topological polar surface area (TPSA) is 133 Å². The monoisotopic (exact) mass is 611 g/mol. The summed E-state index contributed by atoms with van der Waals surface area (Å²) in [5, 5.41) is 16.1. The molecule has 2 saturated heterocycles. The Labute approximate surface area is 264 Å². The molecular formula is C34H41N7O4. The van der Waals surface area contributed by atoms with Crippen LogP contribution in [0.2, 0.25) is 0 Å². The summed E-state index contributed by atoms with van der Waals surface area (Å²) in [6.45, 7) is 8.33. The van der Waals surface area contributed by atoms with Gasteiger partial charge in [0.1, 0.15) is 23.2 Å². The summed E-state index contributed by atoms with van der Waals surface area (Å²) in [4.78, 5) is 38.3. The first-order valence-electron chi connectivity index (χ1n) is 15.4. The van der Waals surface area contributed by atoms with Crippen LogP contribution < -0.4 is 20.3 Å². The van der Waals surface area contributed by atoms with Crippen LogP contribution in [-0.2, 0) is 4.74 Å². The molecule has 1 aromatic heterocycles. The van der Waals surface area contributed by atoms with Crippen LogP contribution in [0.5, 0.6) is 5.75 Å². The minimum atomic E-state index is -0.502. The van der Waals surface area contributed by atoms with Crippen molar-refractivity contribution >= 4 is 29.3 Å². The first kappa shape index (κ1) is 31.6. The Hall–Kier alpha value is -4.85. The van der Waals surface area contributed by atoms with E-state index < -0.39 is 5.60 Å². The minimum absolute atomic E-state index is 0.0502. The van der Waals surface area contributed by atoms with E-state index in [1.54, 1.807) is 42.5 Å². The molecule has 3 heterocycles. The zero-order valence-corrected chi connectivity index (χ0v) is 26.4. The molecule has 0 aliphatic carbocycles. The molecule has 11 heteroatoms. The molecule has 1 atom stereocenters. The standard InChI is InChI=1S/C34H41N7O4/c1-34(2,3)45-33(43)40-18-15-24(16-19-40)23-7-11-26(12-8-23)37-31-29(20-35)36-21-30(39-31)41-17-5-6-27(22-41)38-32(42)25-9-13-28(44-4)14-10-25/h7-14,21,24,27H,5-6,15-19,22H2,1-4H3,(H,37,39)(H,38,42)/t27-/m1/s1. The number of nitrogens with one attached hydrogen (secondary N) is 2. The van der Waals surface area contributed by atoms with Crippen LogP contribution in [0, 0.1) is 11.3 Å². The quantitative estimate of drug-likeness (QED) is 0.350. The molecule has 2 N–H and O–H groups in total. The Morgan fingerprint density at radius 2 is 1.71 bits per heavy atom. The molecule has 3 aromatic rings. The fourth-order valence-corrected chi connectivity index (χ4v) is 5.71. The van der Waals surface area contributed by atoms with Crippen molar-refractivity contribution in [2.24, 2.45) is 0 Å². The average Bonchev–Trinajstić information content (AvgIpc) is 3.04. The summed E-state index contributed by atoms with van der Waals surface area (Å²) in [5.74, 6) is 1.96. The second-order valence-electron chi connectivity index (χ2n) is 12.5. The Kier molecular flexibility index (Phi) is 9.71. The normalized spacial score (nSPS) is 17.3. The number of hydrogen-bond acceptors (Lipinski definition) is 9. The number of amides is 2. The second-order valence-corrected chi connectivity index (χ2v) is 12.5. The number of nitrogens with zero attached hydrogens (tertiary/aromatic N) is 5. The van der Waals surface area contributed by atoms with Gasteiger partial charge in [-0.05, 0) is 94.3 Å². The maximum atomic E-state index is 12.8. The number of hydrogen-bond donors (Lipinski definition) is 2. The molecule has 2 aromatic carbocycles. The van der Waals surface area contributed by atoms with E-state index in [-0.39, 0.29) is 23.7 Å². The van der Waals surface area contributed by atoms with Gasteiger partial charge in [0.2, 0.25) is 0 Å². The average molecular weight is 612 g/mol. The molecule has 0 bridgehead atoms. The summed E-state index contributed by atoms with van der Waals surface area (Å²) >= 11 is 0. The van der Waals surface area contributed by atoms with Gasteiger partial charge in [0.25, 0.3) is 5.91 Å². The molecule has 0 spiro atoms. The molecule has 236 valence electrons. The predicted octanol–water partition coefficient (Wildman–Crippen LogP) is 5.61. The third kappa shape index (κ3) is 8.20. The van der Waals surface area contributed by atoms with Gasteiger partial charge in [0.05, 0.1) is 13.3 Å². The maximum absolute atomic E-state index is 12.8. The number of anilines is 3. The number of carbonyl (C=O) groups excluding carboxylic acids is 2. The third-order valence-electron chi connectivity index (χ3n) is 8.09. The van der Waals surface area contributed by atoms with E-state index in [0.29, 0.717) is 48.5 Å². The van der Waals surface area contributed by atoms with Crippen LogP contribution in [0.3, 0.4) is 0 Å². The summed E-state index contributed by atoms with van der Waals surface area (Å²) in [6, 6.07) is 17.3. The molecule has 2 amide bonds. The van der Waals surface area contributed by atoms with Gasteiger partial charge in [-0.2, -0.15) is 5.26 Å². The first-order valence-corrected chi connectivity index (χ1v) is 15.4. The van der Waals surface area contributed by atoms with E-state index in [1.165, 1.54) is 5.56 Å². The zero-order chi connectivity index (χ0) is 32.0. The molecular weight excluding hydrogens is 570 g/mol. The second kappa shape index (κ2) is 13.8. The lowest BCUT2D eigenvalue weighted by atomic mass is 9.89. The number of methoxy groups -OCH3 is 1. The molecule has 11 nitrogen and oxygen atoms in total. The summed E-state index contributed by atoms with van der Waals surface area (Å²) in [7, 11) is 1.59. The largest absolute Gasteiger partial charge is 0.497 e. The van der Waals surface area contributed by atoms with Gasteiger partial charge in [0.15, 0.2) is 11.5 Å². The van der Waals surface area contributed by atoms with Gasteiger partial charge in [-0.3, -0.25) is 4.79 Å². The van der Waals surface area contributed by atoms with Gasteiger partial charge in [-0.15, -0.1) is 0 Å². The van der Waals surface area contributed by atoms with E-state index in [4.69, 9.17) is 14.5 Å². The number of piperidine rings is 2. The zero-order valence-electron chi connectivity index (χ0n) is 26.4. The van der Waals surface area contributed by atoms with Crippen molar-refractivity contribution in [2.45, 2.75) is 64.0 Å². The highest BCUT2D eigenvalue weighted by molar-refractivity contribution is 5.94. The van der Waals surface area contributed by atoms with E-state index in [9.17, 15) is 14.9 Å². The number of likely N-dealkylation sites (tertiary alicyclic amines) is 1. The van der Waals surface area contributed by atoms with Crippen LogP contribution in [0.25, 0.3) is 0 Å². The lowest BCUT2D eigenvalue weighted by Gasteiger charge is -2.34. The number of benzene rings is 2. The minimum Gasteiger partial charge on any atom is -0.497 e. The maximum Gasteiger partial charge on any atom is 0.410 e. The molecule has 0 radical (unpaired) electrons. The van der Waals surface area contributed by atoms with E-state index >= 15 is 0 Å². The summed E-state index contributed by atoms with van der Waals surface area (Å²) < 4.78 is 10.7. The van der Waals surface area contributed by atoms with Crippen molar-refractivity contribution in [3.63, 3.8) is 0 Å². The van der Waals surface area contributed by atoms with Gasteiger partial charge in [-0.1, -0.05) is 12.1 Å². The lowest BCUT2D eigenvalue weighted by Crippen LogP contribution is -2.48. The van der Waals surface area contributed by atoms with Gasteiger partial charge < -0.3 is 29.9 Å². The molecule has 0 unspecified atom stereocenters. The Morgan fingerprint density at radius 3 is 2.36 bits per heavy atom. The van der Waals surface area contributed by atoms with Crippen molar-refractivity contribution < 1.29 is 19.1 Å². The predicted molar refractivity (Wildman–Crippen MR) is 172 cm³/mol. The summed E-state index contributed by atoms with van der Waals surface area (Å²) in [5.41, 5.74) is 2.30. The molecule has 5 rings (SSSR count). The van der Waals surface area contributed by atoms with Crippen molar-refractivity contribution in [3.05, 3.63) is 71.5 Å². The van der Waals surface area contributed by atoms with Crippen molar-refractivity contribution in [1.82, 2.24) is 20.2 Å². The highest BCUT2D eigenvalue weighted by Gasteiger charge is 2.28. The summed E-state index contributed by atoms with van der Waals surface area (Å²) in [6.07, 6.45) is 4.85. The van der Waals surface area contributed by atoms with Crippen LogP contribution in [-0.4, -0.2) is 71.8 Å². The third-order valence-corrected chi connectivity index (χ3v) is 8.09. The molecule has 2 aliphatic rings. The highest BCUT2D eigenvalue weighted by Crippen LogP contribution is 2.30. The van der Waals surface area contributed by atoms with Gasteiger partial charge >= 0.3 is 6.09 Å². The fraction of sp³-hybridized carbons (Fsp3) is 0.441. The Morgan fingerprint density at radius 1 is 1.00 bits per heavy atom. The van der Waals surface area contributed by atoms with Crippen LogP contribution >= 0.6 is 0 Å². The molecule has 0 saturated carbocycles. The lowest BCUT2D eigenvalue weighted by molar-refractivity contribution is 0.0204.